The van der Waals surface area contributed by atoms with Gasteiger partial charge in [0.05, 0.1) is 6.61 Å². The number of hydrogen-bond acceptors (Lipinski definition) is 7. The van der Waals surface area contributed by atoms with Crippen molar-refractivity contribution >= 4 is 26.5 Å². The Balaban J connectivity index is 1.83. The van der Waals surface area contributed by atoms with Crippen LogP contribution in [0.4, 0.5) is 0 Å². The lowest BCUT2D eigenvalue weighted by Crippen LogP contribution is -2.49. The van der Waals surface area contributed by atoms with Crippen molar-refractivity contribution in [3.63, 3.8) is 0 Å². The van der Waals surface area contributed by atoms with Gasteiger partial charge in [0, 0.05) is 25.1 Å². The number of amides is 1. The molecule has 0 bridgehead atoms. The van der Waals surface area contributed by atoms with Crippen molar-refractivity contribution in [2.45, 2.75) is 24.6 Å². The number of rotatable bonds is 9. The van der Waals surface area contributed by atoms with Gasteiger partial charge < -0.3 is 14.4 Å². The molecule has 0 unspecified atom stereocenters. The highest BCUT2D eigenvalue weighted by atomic mass is 32.2. The van der Waals surface area contributed by atoms with Gasteiger partial charge in [-0.05, 0) is 59.5 Å². The van der Waals surface area contributed by atoms with Gasteiger partial charge in [0.2, 0.25) is 0 Å². The number of ether oxygens (including phenoxy) is 1. The number of nitrogens with zero attached hydrogens (tertiary/aromatic N) is 1. The number of pyridine rings is 1. The Labute approximate surface area is 191 Å². The van der Waals surface area contributed by atoms with Crippen molar-refractivity contribution < 1.29 is 28.3 Å². The Morgan fingerprint density at radius 1 is 1.09 bits per heavy atom. The normalized spacial score (nSPS) is 13.5. The fourth-order valence-corrected chi connectivity index (χ4v) is 4.29. The predicted molar refractivity (Wildman–Crippen MR) is 124 cm³/mol. The van der Waals surface area contributed by atoms with Crippen molar-refractivity contribution in [1.82, 2.24) is 10.0 Å². The largest absolute Gasteiger partial charge is 0.491 e. The average molecular weight is 475 g/mol. The van der Waals surface area contributed by atoms with Crippen molar-refractivity contribution in [2.75, 3.05) is 19.5 Å². The monoisotopic (exact) mass is 474 g/mol. The fourth-order valence-electron chi connectivity index (χ4n) is 3.45. The number of nitrogens with one attached hydrogen (secondary N) is 1. The minimum atomic E-state index is -3.85. The molecule has 1 aromatic heterocycles. The molecule has 0 aliphatic heterocycles. The third-order valence-corrected chi connectivity index (χ3v) is 7.76. The zero-order valence-electron chi connectivity index (χ0n) is 18.3. The maximum Gasteiger partial charge on any atom is 0.264 e. The first-order valence-corrected chi connectivity index (χ1v) is 12.1. The smallest absolute Gasteiger partial charge is 0.264 e. The van der Waals surface area contributed by atoms with Gasteiger partial charge in [0.1, 0.15) is 12.4 Å². The summed E-state index contributed by atoms with van der Waals surface area (Å²) in [6.45, 7) is 1.34. The molecule has 0 fully saturated rings. The van der Waals surface area contributed by atoms with Crippen LogP contribution in [0.2, 0.25) is 0 Å². The van der Waals surface area contributed by atoms with Crippen LogP contribution in [0.5, 0.6) is 5.75 Å². The van der Waals surface area contributed by atoms with Gasteiger partial charge in [-0.15, -0.1) is 0 Å². The van der Waals surface area contributed by atoms with E-state index in [0.717, 1.165) is 22.6 Å². The number of aliphatic hydroxyl groups excluding tert-OH is 1. The van der Waals surface area contributed by atoms with E-state index >= 15 is 0 Å². The van der Waals surface area contributed by atoms with Crippen molar-refractivity contribution in [2.24, 2.45) is 0 Å². The van der Waals surface area contributed by atoms with Gasteiger partial charge >= 0.3 is 0 Å². The van der Waals surface area contributed by atoms with E-state index in [0.29, 0.717) is 11.3 Å². The van der Waals surface area contributed by atoms with E-state index in [-0.39, 0.29) is 31.7 Å². The second kappa shape index (κ2) is 9.74. The molecule has 9 nitrogen and oxygen atoms in total. The molecule has 0 aliphatic carbocycles. The van der Waals surface area contributed by atoms with E-state index < -0.39 is 20.5 Å². The Kier molecular flexibility index (Phi) is 7.21. The molecule has 10 heteroatoms. The van der Waals surface area contributed by atoms with E-state index in [1.165, 1.54) is 23.0 Å². The molecule has 176 valence electrons. The number of aryl methyl sites for hydroxylation is 1. The number of fused-ring (bicyclic) bond motifs is 1. The summed E-state index contributed by atoms with van der Waals surface area (Å²) in [5.74, 6) is -0.390. The summed E-state index contributed by atoms with van der Waals surface area (Å²) in [5, 5.41) is 19.7. The molecule has 0 saturated heterocycles. The predicted octanol–water partition coefficient (Wildman–Crippen LogP) is 1.74. The van der Waals surface area contributed by atoms with E-state index in [1.54, 1.807) is 18.3 Å². The Bertz CT molecular complexity index is 1330. The van der Waals surface area contributed by atoms with E-state index in [1.807, 2.05) is 30.3 Å². The highest BCUT2D eigenvalue weighted by molar-refractivity contribution is 7.92. The van der Waals surface area contributed by atoms with E-state index in [2.05, 4.69) is 0 Å². The maximum atomic E-state index is 12.7. The van der Waals surface area contributed by atoms with E-state index in [4.69, 9.17) is 15.1 Å². The molecule has 33 heavy (non-hydrogen) atoms. The molecule has 1 amide bonds. The van der Waals surface area contributed by atoms with Crippen LogP contribution in [-0.4, -0.2) is 53.4 Å². The second-order valence-corrected chi connectivity index (χ2v) is 10.4. The lowest BCUT2D eigenvalue weighted by atomic mass is 10.0. The van der Waals surface area contributed by atoms with Crippen molar-refractivity contribution in [3.05, 3.63) is 65.1 Å². The molecule has 3 rings (SSSR count). The van der Waals surface area contributed by atoms with Gasteiger partial charge in [0.15, 0.2) is 14.6 Å². The number of carbonyl (C=O) groups is 1. The number of benzene rings is 2. The number of aliphatic hydroxyl groups is 1. The van der Waals surface area contributed by atoms with Crippen molar-refractivity contribution in [1.29, 1.82) is 0 Å². The molecule has 0 saturated carbocycles. The van der Waals surface area contributed by atoms with Crippen LogP contribution < -0.4 is 15.8 Å². The maximum absolute atomic E-state index is 12.7. The van der Waals surface area contributed by atoms with Crippen LogP contribution >= 0.6 is 0 Å². The SMILES string of the molecule is C[C@@](CCn1ccc(-c2ccc3cc(OCCO)ccc3c2)cc1=O)(C(=O)NO)S(C)(=O)=O. The van der Waals surface area contributed by atoms with Gasteiger partial charge in [-0.1, -0.05) is 18.2 Å². The third-order valence-electron chi connectivity index (χ3n) is 5.73. The van der Waals surface area contributed by atoms with Gasteiger partial charge in [-0.25, -0.2) is 13.9 Å². The first kappa shape index (κ1) is 24.4. The summed E-state index contributed by atoms with van der Waals surface area (Å²) in [7, 11) is -3.85. The number of carbonyl (C=O) groups excluding carboxylic acids is 1. The first-order valence-electron chi connectivity index (χ1n) is 10.2. The number of aromatic nitrogens is 1. The molecule has 1 heterocycles. The van der Waals surface area contributed by atoms with Crippen LogP contribution in [0.3, 0.4) is 0 Å². The summed E-state index contributed by atoms with van der Waals surface area (Å²) in [4.78, 5) is 24.6. The third kappa shape index (κ3) is 5.24. The zero-order valence-corrected chi connectivity index (χ0v) is 19.1. The minimum absolute atomic E-state index is 0.0234. The van der Waals surface area contributed by atoms with Crippen molar-refractivity contribution in [3.8, 4) is 16.9 Å². The second-order valence-electron chi connectivity index (χ2n) is 7.94. The fraction of sp³-hybridized carbons (Fsp3) is 0.304. The highest BCUT2D eigenvalue weighted by Gasteiger charge is 2.43. The summed E-state index contributed by atoms with van der Waals surface area (Å²) < 4.78 is 29.1. The highest BCUT2D eigenvalue weighted by Crippen LogP contribution is 2.27. The molecule has 2 aromatic carbocycles. The van der Waals surface area contributed by atoms with Crippen LogP contribution in [0.15, 0.2) is 59.5 Å². The molecular weight excluding hydrogens is 448 g/mol. The number of hydrogen-bond donors (Lipinski definition) is 3. The molecule has 0 spiro atoms. The Hall–Kier alpha value is -3.21. The van der Waals surface area contributed by atoms with Crippen LogP contribution in [0, 0.1) is 0 Å². The number of sulfone groups is 1. The molecule has 0 radical (unpaired) electrons. The van der Waals surface area contributed by atoms with Gasteiger partial charge in [0.25, 0.3) is 11.5 Å². The molecule has 3 aromatic rings. The van der Waals surface area contributed by atoms with Crippen LogP contribution in [-0.2, 0) is 21.2 Å². The lowest BCUT2D eigenvalue weighted by molar-refractivity contribution is -0.131. The first-order chi connectivity index (χ1) is 15.6. The minimum Gasteiger partial charge on any atom is -0.491 e. The lowest BCUT2D eigenvalue weighted by Gasteiger charge is -2.25. The van der Waals surface area contributed by atoms with Gasteiger partial charge in [-0.2, -0.15) is 0 Å². The summed E-state index contributed by atoms with van der Waals surface area (Å²) in [6, 6.07) is 14.5. The Morgan fingerprint density at radius 3 is 2.39 bits per heavy atom. The van der Waals surface area contributed by atoms with Crippen LogP contribution in [0.25, 0.3) is 21.9 Å². The van der Waals surface area contributed by atoms with Crippen LogP contribution in [0.1, 0.15) is 13.3 Å². The zero-order chi connectivity index (χ0) is 24.2. The van der Waals surface area contributed by atoms with Gasteiger partial charge in [-0.3, -0.25) is 14.8 Å². The topological polar surface area (TPSA) is 135 Å². The molecule has 3 N–H and O–H groups in total. The Morgan fingerprint density at radius 2 is 1.76 bits per heavy atom. The number of hydroxylamine groups is 1. The summed E-state index contributed by atoms with van der Waals surface area (Å²) in [6.07, 6.45) is 2.27. The molecule has 1 atom stereocenters. The average Bonchev–Trinajstić information content (AvgIpc) is 2.79. The quantitative estimate of drug-likeness (QED) is 0.318. The van der Waals surface area contributed by atoms with E-state index in [9.17, 15) is 18.0 Å². The summed E-state index contributed by atoms with van der Waals surface area (Å²) >= 11 is 0. The standard InChI is InChI=1S/C23H26N2O7S/c1-23(22(28)24-29,33(2,30)31)8-10-25-9-7-19(15-21(25)27)16-3-4-18-14-20(32-12-11-26)6-5-17(18)13-16/h3-7,9,13-15,26,29H,8,10-12H2,1-2H3,(H,24,28)/t23-/m1/s1. The molecular formula is C23H26N2O7S. The summed E-state index contributed by atoms with van der Waals surface area (Å²) in [5.41, 5.74) is 2.57. The molecule has 0 aliphatic rings.